The highest BCUT2D eigenvalue weighted by molar-refractivity contribution is 5.86. The number of hydrogen-bond acceptors (Lipinski definition) is 4. The highest BCUT2D eigenvalue weighted by atomic mass is 16.5. The lowest BCUT2D eigenvalue weighted by molar-refractivity contribution is -0.297. The number of carboxylic acid groups (broad SMARTS) is 1. The second kappa shape index (κ2) is 4.97. The number of ether oxygens (including phenoxy) is 1. The van der Waals surface area contributed by atoms with Crippen molar-refractivity contribution >= 4 is 22.9 Å². The molecule has 0 N–H and O–H groups in total. The Morgan fingerprint density at radius 2 is 2.11 bits per heavy atom. The highest BCUT2D eigenvalue weighted by Crippen LogP contribution is 2.20. The van der Waals surface area contributed by atoms with E-state index in [1.165, 1.54) is 10.6 Å². The molecule has 2 rings (SSSR count). The molecular weight excluding hydrogens is 246 g/mol. The Kier molecular flexibility index (Phi) is 3.37. The molecule has 0 radical (unpaired) electrons. The van der Waals surface area contributed by atoms with Crippen molar-refractivity contribution in [2.75, 3.05) is 7.11 Å². The van der Waals surface area contributed by atoms with Gasteiger partial charge in [0.1, 0.15) is 5.75 Å². The largest absolute Gasteiger partial charge is 0.545 e. The fraction of sp³-hybridized carbons (Fsp3) is 0.143. The van der Waals surface area contributed by atoms with Crippen molar-refractivity contribution in [2.45, 2.75) is 0 Å². The van der Waals surface area contributed by atoms with Crippen LogP contribution in [-0.2, 0) is 11.8 Å². The van der Waals surface area contributed by atoms with Crippen molar-refractivity contribution in [3.63, 3.8) is 0 Å². The molecule has 0 aliphatic heterocycles. The summed E-state index contributed by atoms with van der Waals surface area (Å²) in [5.41, 5.74) is 0.763. The molecule has 1 heterocycles. The smallest absolute Gasteiger partial charge is 0.258 e. The Morgan fingerprint density at radius 1 is 1.37 bits per heavy atom. The van der Waals surface area contributed by atoms with Gasteiger partial charge in [-0.25, -0.2) is 0 Å². The quantitative estimate of drug-likeness (QED) is 0.743. The van der Waals surface area contributed by atoms with Crippen molar-refractivity contribution in [3.8, 4) is 5.75 Å². The van der Waals surface area contributed by atoms with Crippen molar-refractivity contribution in [2.24, 2.45) is 7.05 Å². The number of carbonyl (C=O) groups is 1. The number of benzene rings is 1. The maximum absolute atomic E-state index is 12.0. The second-order valence-corrected chi connectivity index (χ2v) is 4.04. The van der Waals surface area contributed by atoms with E-state index in [-0.39, 0.29) is 11.1 Å². The van der Waals surface area contributed by atoms with Crippen LogP contribution >= 0.6 is 0 Å². The maximum Gasteiger partial charge on any atom is 0.258 e. The van der Waals surface area contributed by atoms with Gasteiger partial charge in [0.15, 0.2) is 0 Å². The first-order valence-electron chi connectivity index (χ1n) is 5.60. The van der Waals surface area contributed by atoms with Crippen molar-refractivity contribution in [1.82, 2.24) is 4.57 Å². The lowest BCUT2D eigenvalue weighted by Gasteiger charge is -2.08. The molecule has 0 bridgehead atoms. The van der Waals surface area contributed by atoms with E-state index in [1.807, 2.05) is 0 Å². The summed E-state index contributed by atoms with van der Waals surface area (Å²) in [5, 5.41) is 11.2. The number of carboxylic acids is 1. The lowest BCUT2D eigenvalue weighted by Crippen LogP contribution is -2.21. The van der Waals surface area contributed by atoms with Gasteiger partial charge >= 0.3 is 0 Å². The van der Waals surface area contributed by atoms with E-state index in [9.17, 15) is 14.7 Å². The number of rotatable bonds is 3. The zero-order valence-corrected chi connectivity index (χ0v) is 10.5. The molecule has 0 aliphatic rings. The van der Waals surface area contributed by atoms with Gasteiger partial charge in [0.2, 0.25) is 0 Å². The molecule has 5 heteroatoms. The first kappa shape index (κ1) is 12.9. The Balaban J connectivity index is 2.69. The molecule has 0 saturated carbocycles. The number of nitrogens with zero attached hydrogens (tertiary/aromatic N) is 1. The van der Waals surface area contributed by atoms with Gasteiger partial charge in [-0.2, -0.15) is 0 Å². The fourth-order valence-corrected chi connectivity index (χ4v) is 1.89. The Morgan fingerprint density at radius 3 is 2.74 bits per heavy atom. The zero-order valence-electron chi connectivity index (χ0n) is 10.5. The summed E-state index contributed by atoms with van der Waals surface area (Å²) in [4.78, 5) is 22.4. The molecule has 5 nitrogen and oxygen atoms in total. The van der Waals surface area contributed by atoms with Crippen LogP contribution in [0.25, 0.3) is 17.0 Å². The molecule has 0 fully saturated rings. The first-order chi connectivity index (χ1) is 9.02. The van der Waals surface area contributed by atoms with Gasteiger partial charge in [-0.05, 0) is 36.4 Å². The third kappa shape index (κ3) is 2.49. The summed E-state index contributed by atoms with van der Waals surface area (Å²) in [6, 6.07) is 6.95. The van der Waals surface area contributed by atoms with E-state index in [1.54, 1.807) is 38.4 Å². The molecule has 1 aromatic carbocycles. The predicted octanol–water partition coefficient (Wildman–Crippen LogP) is 0.310. The van der Waals surface area contributed by atoms with Crippen molar-refractivity contribution in [3.05, 3.63) is 46.3 Å². The minimum absolute atomic E-state index is 0.268. The molecular formula is C14H12NO4-. The van der Waals surface area contributed by atoms with E-state index in [2.05, 4.69) is 0 Å². The number of hydrogen-bond donors (Lipinski definition) is 0. The topological polar surface area (TPSA) is 71.4 Å². The SMILES string of the molecule is COc1ccc2c(c1)cc(/C=C/C(=O)[O-])c(=O)n2C. The zero-order chi connectivity index (χ0) is 14.0. The average molecular weight is 258 g/mol. The highest BCUT2D eigenvalue weighted by Gasteiger charge is 2.05. The van der Waals surface area contributed by atoms with Gasteiger partial charge in [-0.3, -0.25) is 4.79 Å². The van der Waals surface area contributed by atoms with Crippen LogP contribution in [0.5, 0.6) is 5.75 Å². The Labute approximate surface area is 109 Å². The number of carbonyl (C=O) groups excluding carboxylic acids is 1. The molecule has 98 valence electrons. The van der Waals surface area contributed by atoms with Gasteiger partial charge in [0.05, 0.1) is 18.6 Å². The van der Waals surface area contributed by atoms with Gasteiger partial charge < -0.3 is 19.2 Å². The van der Waals surface area contributed by atoms with Crippen molar-refractivity contribution in [1.29, 1.82) is 0 Å². The molecule has 0 aliphatic carbocycles. The van der Waals surface area contributed by atoms with Gasteiger partial charge in [-0.1, -0.05) is 0 Å². The van der Waals surface area contributed by atoms with E-state index in [4.69, 9.17) is 4.74 Å². The molecule has 0 spiro atoms. The van der Waals surface area contributed by atoms with Crippen LogP contribution in [0.15, 0.2) is 35.1 Å². The summed E-state index contributed by atoms with van der Waals surface area (Å²) < 4.78 is 6.58. The number of aliphatic carboxylic acids is 1. The van der Waals surface area contributed by atoms with E-state index in [0.29, 0.717) is 5.75 Å². The van der Waals surface area contributed by atoms with Crippen LogP contribution in [-0.4, -0.2) is 17.6 Å². The van der Waals surface area contributed by atoms with E-state index >= 15 is 0 Å². The number of pyridine rings is 1. The standard InChI is InChI=1S/C14H13NO4/c1-15-12-5-4-11(19-2)8-10(12)7-9(14(15)18)3-6-13(16)17/h3-8H,1-2H3,(H,16,17)/p-1/b6-3+. The lowest BCUT2D eigenvalue weighted by atomic mass is 10.1. The molecule has 19 heavy (non-hydrogen) atoms. The van der Waals surface area contributed by atoms with Gasteiger partial charge in [0, 0.05) is 18.0 Å². The van der Waals surface area contributed by atoms with Crippen LogP contribution in [0.1, 0.15) is 5.56 Å². The third-order valence-electron chi connectivity index (χ3n) is 2.86. The summed E-state index contributed by atoms with van der Waals surface area (Å²) in [7, 11) is 3.19. The fourth-order valence-electron chi connectivity index (χ4n) is 1.89. The summed E-state index contributed by atoms with van der Waals surface area (Å²) in [6.07, 6.45) is 2.07. The molecule has 0 saturated heterocycles. The Hall–Kier alpha value is -2.56. The molecule has 0 amide bonds. The minimum atomic E-state index is -1.34. The number of aryl methyl sites for hydroxylation is 1. The Bertz CT molecular complexity index is 728. The predicted molar refractivity (Wildman–Crippen MR) is 69.8 cm³/mol. The average Bonchev–Trinajstić information content (AvgIpc) is 2.40. The number of fused-ring (bicyclic) bond motifs is 1. The van der Waals surface area contributed by atoms with Crippen LogP contribution in [0.4, 0.5) is 0 Å². The first-order valence-corrected chi connectivity index (χ1v) is 5.60. The molecule has 2 aromatic rings. The van der Waals surface area contributed by atoms with Crippen LogP contribution in [0.3, 0.4) is 0 Å². The van der Waals surface area contributed by atoms with E-state index in [0.717, 1.165) is 17.0 Å². The second-order valence-electron chi connectivity index (χ2n) is 4.04. The summed E-state index contributed by atoms with van der Waals surface area (Å²) in [5.74, 6) is -0.672. The van der Waals surface area contributed by atoms with Crippen LogP contribution in [0, 0.1) is 0 Å². The third-order valence-corrected chi connectivity index (χ3v) is 2.86. The van der Waals surface area contributed by atoms with Crippen LogP contribution < -0.4 is 15.4 Å². The number of methoxy groups -OCH3 is 1. The minimum Gasteiger partial charge on any atom is -0.545 e. The maximum atomic E-state index is 12.0. The van der Waals surface area contributed by atoms with Crippen molar-refractivity contribution < 1.29 is 14.6 Å². The molecule has 0 atom stereocenters. The monoisotopic (exact) mass is 258 g/mol. The normalized spacial score (nSPS) is 11.1. The molecule has 1 aromatic heterocycles. The summed E-state index contributed by atoms with van der Waals surface area (Å²) in [6.45, 7) is 0. The van der Waals surface area contributed by atoms with Crippen LogP contribution in [0.2, 0.25) is 0 Å². The number of aromatic nitrogens is 1. The summed E-state index contributed by atoms with van der Waals surface area (Å²) >= 11 is 0. The molecule has 0 unspecified atom stereocenters. The van der Waals surface area contributed by atoms with E-state index < -0.39 is 5.97 Å². The van der Waals surface area contributed by atoms with Gasteiger partial charge in [-0.15, -0.1) is 0 Å². The van der Waals surface area contributed by atoms with Gasteiger partial charge in [0.25, 0.3) is 5.56 Å².